The first-order valence-corrected chi connectivity index (χ1v) is 7.03. The fourth-order valence-corrected chi connectivity index (χ4v) is 2.35. The largest absolute Gasteiger partial charge is 0.355 e. The SMILES string of the molecule is CC1CC(CN)CN1C(=O)CCNC(=O)C(C)(C)C.Cl. The van der Waals surface area contributed by atoms with E-state index in [9.17, 15) is 9.59 Å². The second-order valence-corrected chi connectivity index (χ2v) is 6.49. The molecule has 0 saturated carbocycles. The summed E-state index contributed by atoms with van der Waals surface area (Å²) in [6.07, 6.45) is 1.35. The van der Waals surface area contributed by atoms with Crippen molar-refractivity contribution in [2.24, 2.45) is 17.1 Å². The molecule has 1 fully saturated rings. The summed E-state index contributed by atoms with van der Waals surface area (Å²) in [7, 11) is 0. The third-order valence-electron chi connectivity index (χ3n) is 3.62. The molecule has 1 saturated heterocycles. The van der Waals surface area contributed by atoms with Crippen LogP contribution in [-0.2, 0) is 9.59 Å². The number of nitrogens with one attached hydrogen (secondary N) is 1. The van der Waals surface area contributed by atoms with Crippen molar-refractivity contribution < 1.29 is 9.59 Å². The number of hydrogen-bond acceptors (Lipinski definition) is 3. The van der Waals surface area contributed by atoms with Crippen LogP contribution in [0.3, 0.4) is 0 Å². The van der Waals surface area contributed by atoms with Crippen LogP contribution in [0.1, 0.15) is 40.5 Å². The van der Waals surface area contributed by atoms with Gasteiger partial charge in [-0.2, -0.15) is 0 Å². The van der Waals surface area contributed by atoms with Crippen LogP contribution >= 0.6 is 12.4 Å². The van der Waals surface area contributed by atoms with Crippen molar-refractivity contribution in [3.8, 4) is 0 Å². The lowest BCUT2D eigenvalue weighted by Crippen LogP contribution is -2.39. The van der Waals surface area contributed by atoms with Gasteiger partial charge in [0, 0.05) is 31.0 Å². The molecule has 0 aromatic carbocycles. The van der Waals surface area contributed by atoms with Crippen LogP contribution in [0, 0.1) is 11.3 Å². The number of likely N-dealkylation sites (tertiary alicyclic amines) is 1. The van der Waals surface area contributed by atoms with E-state index in [0.717, 1.165) is 13.0 Å². The summed E-state index contributed by atoms with van der Waals surface area (Å²) in [4.78, 5) is 25.6. The molecule has 0 bridgehead atoms. The summed E-state index contributed by atoms with van der Waals surface area (Å²) in [5, 5.41) is 2.81. The fourth-order valence-electron chi connectivity index (χ4n) is 2.35. The average Bonchev–Trinajstić information content (AvgIpc) is 2.69. The minimum Gasteiger partial charge on any atom is -0.355 e. The van der Waals surface area contributed by atoms with Gasteiger partial charge in [0.25, 0.3) is 0 Å². The molecule has 2 amide bonds. The lowest BCUT2D eigenvalue weighted by molar-refractivity contribution is -0.132. The van der Waals surface area contributed by atoms with E-state index in [1.165, 1.54) is 0 Å². The Kier molecular flexibility index (Phi) is 7.52. The highest BCUT2D eigenvalue weighted by Crippen LogP contribution is 2.22. The number of rotatable bonds is 4. The molecular formula is C14H28ClN3O2. The summed E-state index contributed by atoms with van der Waals surface area (Å²) in [6.45, 7) is 9.43. The molecule has 6 heteroatoms. The Morgan fingerprint density at radius 2 is 1.95 bits per heavy atom. The van der Waals surface area contributed by atoms with E-state index >= 15 is 0 Å². The average molecular weight is 306 g/mol. The molecule has 0 aromatic heterocycles. The number of carbonyl (C=O) groups excluding carboxylic acids is 2. The Labute approximate surface area is 128 Å². The Morgan fingerprint density at radius 1 is 1.35 bits per heavy atom. The van der Waals surface area contributed by atoms with Gasteiger partial charge in [-0.1, -0.05) is 20.8 Å². The molecule has 1 heterocycles. The van der Waals surface area contributed by atoms with Crippen LogP contribution in [-0.4, -0.2) is 42.4 Å². The Morgan fingerprint density at radius 3 is 2.40 bits per heavy atom. The summed E-state index contributed by atoms with van der Waals surface area (Å²) in [5.41, 5.74) is 5.24. The van der Waals surface area contributed by atoms with E-state index in [4.69, 9.17) is 5.73 Å². The number of nitrogens with zero attached hydrogens (tertiary/aromatic N) is 1. The van der Waals surface area contributed by atoms with E-state index in [0.29, 0.717) is 25.4 Å². The van der Waals surface area contributed by atoms with Crippen molar-refractivity contribution in [2.75, 3.05) is 19.6 Å². The second kappa shape index (κ2) is 7.84. The quantitative estimate of drug-likeness (QED) is 0.818. The number of hydrogen-bond donors (Lipinski definition) is 2. The second-order valence-electron chi connectivity index (χ2n) is 6.49. The molecule has 0 radical (unpaired) electrons. The van der Waals surface area contributed by atoms with E-state index in [-0.39, 0.29) is 30.3 Å². The van der Waals surface area contributed by atoms with Gasteiger partial charge in [0.15, 0.2) is 0 Å². The first-order chi connectivity index (χ1) is 8.75. The van der Waals surface area contributed by atoms with Crippen LogP contribution in [0.15, 0.2) is 0 Å². The Balaban J connectivity index is 0.00000361. The highest BCUT2D eigenvalue weighted by atomic mass is 35.5. The van der Waals surface area contributed by atoms with Crippen molar-refractivity contribution in [3.05, 3.63) is 0 Å². The molecule has 5 nitrogen and oxygen atoms in total. The number of nitrogens with two attached hydrogens (primary N) is 1. The maximum Gasteiger partial charge on any atom is 0.225 e. The Hall–Kier alpha value is -0.810. The number of carbonyl (C=O) groups is 2. The summed E-state index contributed by atoms with van der Waals surface area (Å²) in [5.74, 6) is 0.510. The van der Waals surface area contributed by atoms with Crippen molar-refractivity contribution in [1.29, 1.82) is 0 Å². The lowest BCUT2D eigenvalue weighted by atomic mass is 9.96. The van der Waals surface area contributed by atoms with Gasteiger partial charge < -0.3 is 16.0 Å². The molecule has 1 aliphatic heterocycles. The van der Waals surface area contributed by atoms with Gasteiger partial charge in [0.2, 0.25) is 11.8 Å². The number of halogens is 1. The van der Waals surface area contributed by atoms with E-state index in [1.54, 1.807) is 0 Å². The molecule has 0 spiro atoms. The summed E-state index contributed by atoms with van der Waals surface area (Å²) < 4.78 is 0. The standard InChI is InChI=1S/C14H27N3O2.ClH/c1-10-7-11(8-15)9-17(10)12(18)5-6-16-13(19)14(2,3)4;/h10-11H,5-9,15H2,1-4H3,(H,16,19);1H. The van der Waals surface area contributed by atoms with Gasteiger partial charge in [0.05, 0.1) is 0 Å². The van der Waals surface area contributed by atoms with Crippen molar-refractivity contribution in [3.63, 3.8) is 0 Å². The van der Waals surface area contributed by atoms with Gasteiger partial charge in [0.1, 0.15) is 0 Å². The summed E-state index contributed by atoms with van der Waals surface area (Å²) >= 11 is 0. The zero-order valence-electron chi connectivity index (χ0n) is 12.9. The predicted octanol–water partition coefficient (Wildman–Crippen LogP) is 1.16. The molecule has 20 heavy (non-hydrogen) atoms. The monoisotopic (exact) mass is 305 g/mol. The molecule has 0 aromatic rings. The molecule has 2 atom stereocenters. The van der Waals surface area contributed by atoms with Crippen LogP contribution in [0.4, 0.5) is 0 Å². The smallest absolute Gasteiger partial charge is 0.225 e. The number of amides is 2. The van der Waals surface area contributed by atoms with Crippen molar-refractivity contribution in [2.45, 2.75) is 46.6 Å². The van der Waals surface area contributed by atoms with Gasteiger partial charge in [-0.3, -0.25) is 9.59 Å². The maximum atomic E-state index is 12.1. The zero-order chi connectivity index (χ0) is 14.6. The highest BCUT2D eigenvalue weighted by molar-refractivity contribution is 5.85. The summed E-state index contributed by atoms with van der Waals surface area (Å²) in [6, 6.07) is 0.263. The van der Waals surface area contributed by atoms with Crippen molar-refractivity contribution >= 4 is 24.2 Å². The van der Waals surface area contributed by atoms with Crippen LogP contribution < -0.4 is 11.1 Å². The van der Waals surface area contributed by atoms with Crippen LogP contribution in [0.5, 0.6) is 0 Å². The zero-order valence-corrected chi connectivity index (χ0v) is 13.8. The normalized spacial score (nSPS) is 22.4. The Bertz CT molecular complexity index is 342. The molecule has 1 rings (SSSR count). The lowest BCUT2D eigenvalue weighted by Gasteiger charge is -2.22. The predicted molar refractivity (Wildman–Crippen MR) is 82.7 cm³/mol. The van der Waals surface area contributed by atoms with Crippen LogP contribution in [0.2, 0.25) is 0 Å². The third-order valence-corrected chi connectivity index (χ3v) is 3.62. The highest BCUT2D eigenvalue weighted by Gasteiger charge is 2.31. The van der Waals surface area contributed by atoms with Gasteiger partial charge in [-0.25, -0.2) is 0 Å². The van der Waals surface area contributed by atoms with E-state index in [1.807, 2.05) is 25.7 Å². The maximum absolute atomic E-state index is 12.1. The van der Waals surface area contributed by atoms with E-state index < -0.39 is 5.41 Å². The van der Waals surface area contributed by atoms with E-state index in [2.05, 4.69) is 12.2 Å². The first-order valence-electron chi connectivity index (χ1n) is 7.03. The van der Waals surface area contributed by atoms with Crippen molar-refractivity contribution in [1.82, 2.24) is 10.2 Å². The fraction of sp³-hybridized carbons (Fsp3) is 0.857. The van der Waals surface area contributed by atoms with Crippen LogP contribution in [0.25, 0.3) is 0 Å². The van der Waals surface area contributed by atoms with Gasteiger partial charge in [-0.15, -0.1) is 12.4 Å². The molecule has 118 valence electrons. The topological polar surface area (TPSA) is 75.4 Å². The molecule has 3 N–H and O–H groups in total. The van der Waals surface area contributed by atoms with Gasteiger partial charge >= 0.3 is 0 Å². The molecule has 0 aliphatic carbocycles. The van der Waals surface area contributed by atoms with Gasteiger partial charge in [-0.05, 0) is 25.8 Å². The third kappa shape index (κ3) is 5.29. The minimum atomic E-state index is -0.408. The molecular weight excluding hydrogens is 278 g/mol. The first kappa shape index (κ1) is 19.2. The molecule has 2 unspecified atom stereocenters. The molecule has 1 aliphatic rings. The minimum absolute atomic E-state index is 0.